The number of carbonyl (C=O) groups excluding carboxylic acids is 1. The zero-order chi connectivity index (χ0) is 15.3. The molecule has 1 heterocycles. The van der Waals surface area contributed by atoms with Crippen LogP contribution >= 0.6 is 0 Å². The van der Waals surface area contributed by atoms with E-state index in [-0.39, 0.29) is 18.0 Å². The van der Waals surface area contributed by atoms with E-state index in [2.05, 4.69) is 24.1 Å². The summed E-state index contributed by atoms with van der Waals surface area (Å²) in [5, 5.41) is 12.3. The molecule has 0 saturated carbocycles. The number of carboxylic acids is 1. The minimum absolute atomic E-state index is 0.0534. The molecule has 1 unspecified atom stereocenters. The molecular weight excluding hydrogens is 256 g/mol. The summed E-state index contributed by atoms with van der Waals surface area (Å²) in [5.41, 5.74) is -0.637. The van der Waals surface area contributed by atoms with Crippen molar-refractivity contribution in [1.29, 1.82) is 0 Å². The molecule has 20 heavy (non-hydrogen) atoms. The van der Waals surface area contributed by atoms with Crippen molar-refractivity contribution in [3.63, 3.8) is 0 Å². The highest BCUT2D eigenvalue weighted by atomic mass is 16.4. The monoisotopic (exact) mass is 284 g/mol. The van der Waals surface area contributed by atoms with Crippen LogP contribution in [0.5, 0.6) is 0 Å². The van der Waals surface area contributed by atoms with Crippen LogP contribution in [0.2, 0.25) is 0 Å². The quantitative estimate of drug-likeness (QED) is 0.781. The molecule has 0 aromatic carbocycles. The summed E-state index contributed by atoms with van der Waals surface area (Å²) in [6.45, 7) is 9.17. The number of amides is 1. The zero-order valence-electron chi connectivity index (χ0n) is 13.1. The predicted octanol–water partition coefficient (Wildman–Crippen LogP) is 1.87. The van der Waals surface area contributed by atoms with E-state index in [1.807, 2.05) is 6.92 Å². The number of carbonyl (C=O) groups is 2. The molecule has 1 aliphatic rings. The molecule has 1 atom stereocenters. The maximum Gasteiger partial charge on any atom is 0.309 e. The number of nitrogens with one attached hydrogen (secondary N) is 1. The molecule has 5 heteroatoms. The van der Waals surface area contributed by atoms with Crippen LogP contribution in [0.15, 0.2) is 0 Å². The number of piperidine rings is 1. The number of carboxylic acid groups (broad SMARTS) is 1. The fourth-order valence-electron chi connectivity index (χ4n) is 2.60. The minimum Gasteiger partial charge on any atom is -0.481 e. The fraction of sp³-hybridized carbons (Fsp3) is 0.867. The molecule has 0 spiro atoms. The van der Waals surface area contributed by atoms with Crippen LogP contribution in [0, 0.1) is 5.41 Å². The van der Waals surface area contributed by atoms with Gasteiger partial charge < -0.3 is 10.4 Å². The van der Waals surface area contributed by atoms with Gasteiger partial charge in [-0.2, -0.15) is 0 Å². The van der Waals surface area contributed by atoms with Gasteiger partial charge in [0.15, 0.2) is 0 Å². The second-order valence-corrected chi connectivity index (χ2v) is 6.10. The second kappa shape index (κ2) is 7.07. The van der Waals surface area contributed by atoms with Crippen molar-refractivity contribution in [1.82, 2.24) is 10.2 Å². The van der Waals surface area contributed by atoms with Crippen molar-refractivity contribution < 1.29 is 14.7 Å². The molecule has 0 radical (unpaired) electrons. The highest BCUT2D eigenvalue weighted by molar-refractivity contribution is 5.81. The molecule has 0 aromatic rings. The third-order valence-electron chi connectivity index (χ3n) is 4.68. The number of nitrogens with zero attached hydrogens (tertiary/aromatic N) is 1. The number of hydrogen-bond acceptors (Lipinski definition) is 3. The maximum atomic E-state index is 12.2. The summed E-state index contributed by atoms with van der Waals surface area (Å²) in [5.74, 6) is -0.677. The van der Waals surface area contributed by atoms with Crippen molar-refractivity contribution >= 4 is 11.9 Å². The van der Waals surface area contributed by atoms with Crippen LogP contribution in [0.25, 0.3) is 0 Å². The zero-order valence-corrected chi connectivity index (χ0v) is 13.1. The lowest BCUT2D eigenvalue weighted by atomic mass is 9.80. The summed E-state index contributed by atoms with van der Waals surface area (Å²) in [6, 6.07) is 0.0490. The topological polar surface area (TPSA) is 69.6 Å². The van der Waals surface area contributed by atoms with Gasteiger partial charge in [0, 0.05) is 6.04 Å². The number of aliphatic carboxylic acids is 1. The lowest BCUT2D eigenvalue weighted by Crippen LogP contribution is -2.52. The predicted molar refractivity (Wildman–Crippen MR) is 78.5 cm³/mol. The Balaban J connectivity index is 2.52. The normalized spacial score (nSPS) is 20.6. The molecule has 1 amide bonds. The van der Waals surface area contributed by atoms with E-state index in [1.54, 1.807) is 6.92 Å². The lowest BCUT2D eigenvalue weighted by Gasteiger charge is -2.39. The average Bonchev–Trinajstić information content (AvgIpc) is 2.44. The van der Waals surface area contributed by atoms with Gasteiger partial charge in [-0.15, -0.1) is 0 Å². The first-order chi connectivity index (χ1) is 9.34. The van der Waals surface area contributed by atoms with E-state index < -0.39 is 11.4 Å². The molecular formula is C15H28N2O3. The van der Waals surface area contributed by atoms with Crippen molar-refractivity contribution in [2.45, 2.75) is 65.5 Å². The van der Waals surface area contributed by atoms with Crippen LogP contribution < -0.4 is 5.32 Å². The van der Waals surface area contributed by atoms with Crippen LogP contribution in [-0.2, 0) is 9.59 Å². The Bertz CT molecular complexity index is 345. The number of rotatable bonds is 6. The molecule has 116 valence electrons. The third-order valence-corrected chi connectivity index (χ3v) is 4.68. The lowest BCUT2D eigenvalue weighted by molar-refractivity contribution is -0.151. The Kier molecular flexibility index (Phi) is 5.99. The molecule has 0 aliphatic carbocycles. The van der Waals surface area contributed by atoms with Gasteiger partial charge in [0.25, 0.3) is 0 Å². The summed E-state index contributed by atoms with van der Waals surface area (Å²) in [4.78, 5) is 25.5. The van der Waals surface area contributed by atoms with Crippen LogP contribution in [-0.4, -0.2) is 47.1 Å². The van der Waals surface area contributed by atoms with Gasteiger partial charge in [-0.25, -0.2) is 0 Å². The minimum atomic E-state index is -0.730. The Morgan fingerprint density at radius 3 is 2.15 bits per heavy atom. The van der Waals surface area contributed by atoms with Gasteiger partial charge in [-0.3, -0.25) is 14.5 Å². The van der Waals surface area contributed by atoms with Crippen LogP contribution in [0.3, 0.4) is 0 Å². The molecule has 0 aromatic heterocycles. The summed E-state index contributed by atoms with van der Waals surface area (Å²) in [6.07, 6.45) is 3.08. The standard InChI is InChI=1S/C15H28N2O3/c1-5-12(6-2)16-13(18)11(3)17-9-7-15(4,8-10-17)14(19)20/h11-12H,5-10H2,1-4H3,(H,16,18)(H,19,20). The Hall–Kier alpha value is -1.10. The third kappa shape index (κ3) is 3.95. The molecule has 1 aliphatic heterocycles. The van der Waals surface area contributed by atoms with Gasteiger partial charge >= 0.3 is 5.97 Å². The first kappa shape index (κ1) is 17.0. The van der Waals surface area contributed by atoms with E-state index in [9.17, 15) is 14.7 Å². The molecule has 1 rings (SSSR count). The maximum absolute atomic E-state index is 12.2. The summed E-state index contributed by atoms with van der Waals surface area (Å²) < 4.78 is 0. The number of hydrogen-bond donors (Lipinski definition) is 2. The Morgan fingerprint density at radius 1 is 1.25 bits per heavy atom. The Morgan fingerprint density at radius 2 is 1.75 bits per heavy atom. The van der Waals surface area contributed by atoms with Crippen molar-refractivity contribution in [2.24, 2.45) is 5.41 Å². The van der Waals surface area contributed by atoms with E-state index in [0.717, 1.165) is 12.8 Å². The van der Waals surface area contributed by atoms with Gasteiger partial charge in [-0.05, 0) is 52.6 Å². The number of likely N-dealkylation sites (tertiary alicyclic amines) is 1. The fourth-order valence-corrected chi connectivity index (χ4v) is 2.60. The first-order valence-electron chi connectivity index (χ1n) is 7.62. The van der Waals surface area contributed by atoms with Crippen LogP contribution in [0.4, 0.5) is 0 Å². The van der Waals surface area contributed by atoms with Crippen LogP contribution in [0.1, 0.15) is 53.4 Å². The van der Waals surface area contributed by atoms with E-state index in [1.165, 1.54) is 0 Å². The molecule has 1 saturated heterocycles. The highest BCUT2D eigenvalue weighted by Gasteiger charge is 2.38. The second-order valence-electron chi connectivity index (χ2n) is 6.10. The molecule has 5 nitrogen and oxygen atoms in total. The molecule has 0 bridgehead atoms. The smallest absolute Gasteiger partial charge is 0.309 e. The average molecular weight is 284 g/mol. The van der Waals surface area contributed by atoms with Crippen molar-refractivity contribution in [3.8, 4) is 0 Å². The first-order valence-corrected chi connectivity index (χ1v) is 7.62. The van der Waals surface area contributed by atoms with Gasteiger partial charge in [0.1, 0.15) is 0 Å². The SMILES string of the molecule is CCC(CC)NC(=O)C(C)N1CCC(C)(C(=O)O)CC1. The van der Waals surface area contributed by atoms with Gasteiger partial charge in [0.2, 0.25) is 5.91 Å². The van der Waals surface area contributed by atoms with E-state index in [0.29, 0.717) is 25.9 Å². The molecule has 1 fully saturated rings. The Labute approximate surface area is 121 Å². The van der Waals surface area contributed by atoms with E-state index in [4.69, 9.17) is 0 Å². The largest absolute Gasteiger partial charge is 0.481 e. The van der Waals surface area contributed by atoms with Crippen molar-refractivity contribution in [3.05, 3.63) is 0 Å². The molecule has 2 N–H and O–H groups in total. The summed E-state index contributed by atoms with van der Waals surface area (Å²) in [7, 11) is 0. The van der Waals surface area contributed by atoms with Gasteiger partial charge in [0.05, 0.1) is 11.5 Å². The highest BCUT2D eigenvalue weighted by Crippen LogP contribution is 2.31. The van der Waals surface area contributed by atoms with E-state index >= 15 is 0 Å². The summed E-state index contributed by atoms with van der Waals surface area (Å²) >= 11 is 0. The van der Waals surface area contributed by atoms with Gasteiger partial charge in [-0.1, -0.05) is 13.8 Å². The van der Waals surface area contributed by atoms with Crippen molar-refractivity contribution in [2.75, 3.05) is 13.1 Å².